The minimum atomic E-state index is -0.902. The standard InChI is InChI=1S/C17H22N2O2/c1-4-10-17(2,3)19-13-7-5-6-12(16(20)21)14(13)18-15(19)11-8-9-11/h5-7,11H,4,8-10H2,1-3H3,(H,20,21). The van der Waals surface area contributed by atoms with Gasteiger partial charge in [0.2, 0.25) is 0 Å². The fourth-order valence-electron chi connectivity index (χ4n) is 3.26. The monoisotopic (exact) mass is 286 g/mol. The van der Waals surface area contributed by atoms with E-state index in [4.69, 9.17) is 4.98 Å². The van der Waals surface area contributed by atoms with E-state index in [9.17, 15) is 9.90 Å². The van der Waals surface area contributed by atoms with Crippen molar-refractivity contribution in [3.8, 4) is 0 Å². The molecule has 0 radical (unpaired) electrons. The van der Waals surface area contributed by atoms with Gasteiger partial charge in [0.1, 0.15) is 11.3 Å². The number of hydrogen-bond acceptors (Lipinski definition) is 2. The maximum Gasteiger partial charge on any atom is 0.337 e. The van der Waals surface area contributed by atoms with E-state index in [1.165, 1.54) is 0 Å². The molecule has 1 N–H and O–H groups in total. The van der Waals surface area contributed by atoms with Crippen LogP contribution in [-0.2, 0) is 5.54 Å². The molecular formula is C17H22N2O2. The van der Waals surface area contributed by atoms with Crippen LogP contribution in [0.2, 0.25) is 0 Å². The first-order valence-electron chi connectivity index (χ1n) is 7.71. The Bertz CT molecular complexity index is 696. The summed E-state index contributed by atoms with van der Waals surface area (Å²) >= 11 is 0. The summed E-state index contributed by atoms with van der Waals surface area (Å²) in [6.45, 7) is 6.62. The maximum absolute atomic E-state index is 11.4. The number of aromatic nitrogens is 2. The van der Waals surface area contributed by atoms with Gasteiger partial charge in [-0.25, -0.2) is 9.78 Å². The molecule has 3 rings (SSSR count). The minimum absolute atomic E-state index is 0.0431. The topological polar surface area (TPSA) is 55.1 Å². The third-order valence-electron chi connectivity index (χ3n) is 4.35. The first kappa shape index (κ1) is 14.1. The Morgan fingerprint density at radius 1 is 1.43 bits per heavy atom. The second-order valence-corrected chi connectivity index (χ2v) is 6.62. The van der Waals surface area contributed by atoms with Gasteiger partial charge < -0.3 is 9.67 Å². The van der Waals surface area contributed by atoms with Crippen molar-refractivity contribution in [2.45, 2.75) is 57.9 Å². The van der Waals surface area contributed by atoms with E-state index in [-0.39, 0.29) is 5.54 Å². The number of benzene rings is 1. The molecule has 4 heteroatoms. The highest BCUT2D eigenvalue weighted by Gasteiger charge is 2.35. The number of carboxylic acid groups (broad SMARTS) is 1. The first-order chi connectivity index (χ1) is 9.95. The van der Waals surface area contributed by atoms with Gasteiger partial charge in [-0.3, -0.25) is 0 Å². The molecule has 1 aliphatic rings. The Morgan fingerprint density at radius 2 is 2.14 bits per heavy atom. The quantitative estimate of drug-likeness (QED) is 0.898. The van der Waals surface area contributed by atoms with Crippen molar-refractivity contribution >= 4 is 17.0 Å². The summed E-state index contributed by atoms with van der Waals surface area (Å²) in [5, 5.41) is 9.39. The van der Waals surface area contributed by atoms with Crippen LogP contribution < -0.4 is 0 Å². The first-order valence-corrected chi connectivity index (χ1v) is 7.71. The molecule has 2 aromatic rings. The number of aromatic carboxylic acids is 1. The molecule has 4 nitrogen and oxygen atoms in total. The van der Waals surface area contributed by atoms with Crippen molar-refractivity contribution in [2.75, 3.05) is 0 Å². The molecule has 0 atom stereocenters. The van der Waals surface area contributed by atoms with E-state index >= 15 is 0 Å². The fourth-order valence-corrected chi connectivity index (χ4v) is 3.26. The number of rotatable bonds is 5. The SMILES string of the molecule is CCCC(C)(C)n1c(C2CC2)nc2c(C(=O)O)cccc21. The third-order valence-corrected chi connectivity index (χ3v) is 4.35. The van der Waals surface area contributed by atoms with Gasteiger partial charge in [0.15, 0.2) is 0 Å². The molecule has 1 aliphatic carbocycles. The van der Waals surface area contributed by atoms with Crippen LogP contribution in [0.5, 0.6) is 0 Å². The summed E-state index contributed by atoms with van der Waals surface area (Å²) in [5.41, 5.74) is 1.85. The normalized spacial score (nSPS) is 15.6. The molecule has 0 spiro atoms. The lowest BCUT2D eigenvalue weighted by molar-refractivity contribution is 0.0699. The highest BCUT2D eigenvalue weighted by atomic mass is 16.4. The fraction of sp³-hybridized carbons (Fsp3) is 0.529. The van der Waals surface area contributed by atoms with Gasteiger partial charge in [0, 0.05) is 11.5 Å². The molecule has 112 valence electrons. The molecule has 21 heavy (non-hydrogen) atoms. The Labute approximate surface area is 124 Å². The minimum Gasteiger partial charge on any atom is -0.478 e. The van der Waals surface area contributed by atoms with Crippen LogP contribution in [0.3, 0.4) is 0 Å². The molecule has 0 saturated heterocycles. The summed E-state index contributed by atoms with van der Waals surface area (Å²) in [7, 11) is 0. The third kappa shape index (κ3) is 2.33. The maximum atomic E-state index is 11.4. The lowest BCUT2D eigenvalue weighted by atomic mass is 9.97. The molecule has 0 amide bonds. The van der Waals surface area contributed by atoms with E-state index in [0.29, 0.717) is 17.0 Å². The van der Waals surface area contributed by atoms with Gasteiger partial charge in [-0.05, 0) is 45.2 Å². The lowest BCUT2D eigenvalue weighted by Crippen LogP contribution is -2.27. The van der Waals surface area contributed by atoms with Crippen LogP contribution in [0.25, 0.3) is 11.0 Å². The van der Waals surface area contributed by atoms with Crippen molar-refractivity contribution in [1.82, 2.24) is 9.55 Å². The Morgan fingerprint density at radius 3 is 2.71 bits per heavy atom. The van der Waals surface area contributed by atoms with Crippen LogP contribution in [0.4, 0.5) is 0 Å². The molecule has 0 aliphatic heterocycles. The predicted molar refractivity (Wildman–Crippen MR) is 82.9 cm³/mol. The second kappa shape index (κ2) is 4.86. The summed E-state index contributed by atoms with van der Waals surface area (Å²) in [6.07, 6.45) is 4.47. The zero-order valence-corrected chi connectivity index (χ0v) is 12.9. The van der Waals surface area contributed by atoms with Crippen molar-refractivity contribution in [3.05, 3.63) is 29.6 Å². The summed E-state index contributed by atoms with van der Waals surface area (Å²) < 4.78 is 2.29. The molecule has 1 saturated carbocycles. The molecule has 1 heterocycles. The number of fused-ring (bicyclic) bond motifs is 1. The van der Waals surface area contributed by atoms with E-state index in [0.717, 1.165) is 37.0 Å². The highest BCUT2D eigenvalue weighted by Crippen LogP contribution is 2.43. The molecule has 1 aromatic carbocycles. The Kier molecular flexibility index (Phi) is 3.27. The van der Waals surface area contributed by atoms with Crippen LogP contribution in [0, 0.1) is 0 Å². The number of para-hydroxylation sites is 1. The van der Waals surface area contributed by atoms with Crippen molar-refractivity contribution in [2.24, 2.45) is 0 Å². The van der Waals surface area contributed by atoms with Gasteiger partial charge in [0.05, 0.1) is 11.1 Å². The van der Waals surface area contributed by atoms with Crippen molar-refractivity contribution < 1.29 is 9.90 Å². The number of imidazole rings is 1. The van der Waals surface area contributed by atoms with Gasteiger partial charge >= 0.3 is 5.97 Å². The summed E-state index contributed by atoms with van der Waals surface area (Å²) in [5.74, 6) is 0.660. The average Bonchev–Trinajstić information content (AvgIpc) is 3.17. The van der Waals surface area contributed by atoms with Crippen molar-refractivity contribution in [3.63, 3.8) is 0 Å². The van der Waals surface area contributed by atoms with E-state index < -0.39 is 5.97 Å². The van der Waals surface area contributed by atoms with Gasteiger partial charge in [-0.1, -0.05) is 19.4 Å². The van der Waals surface area contributed by atoms with Crippen LogP contribution >= 0.6 is 0 Å². The van der Waals surface area contributed by atoms with Gasteiger partial charge in [-0.2, -0.15) is 0 Å². The largest absolute Gasteiger partial charge is 0.478 e. The van der Waals surface area contributed by atoms with E-state index in [2.05, 4.69) is 25.3 Å². The van der Waals surface area contributed by atoms with Gasteiger partial charge in [0.25, 0.3) is 0 Å². The zero-order valence-electron chi connectivity index (χ0n) is 12.9. The molecule has 0 unspecified atom stereocenters. The number of carboxylic acids is 1. The number of carbonyl (C=O) groups is 1. The highest BCUT2D eigenvalue weighted by molar-refractivity contribution is 6.01. The second-order valence-electron chi connectivity index (χ2n) is 6.62. The average molecular weight is 286 g/mol. The smallest absolute Gasteiger partial charge is 0.337 e. The summed E-state index contributed by atoms with van der Waals surface area (Å²) in [6, 6.07) is 5.46. The molecule has 1 aromatic heterocycles. The Balaban J connectivity index is 2.28. The Hall–Kier alpha value is -1.84. The summed E-state index contributed by atoms with van der Waals surface area (Å²) in [4.78, 5) is 16.2. The van der Waals surface area contributed by atoms with Crippen LogP contribution in [0.1, 0.15) is 68.6 Å². The molecule has 0 bridgehead atoms. The van der Waals surface area contributed by atoms with E-state index in [1.807, 2.05) is 12.1 Å². The van der Waals surface area contributed by atoms with E-state index in [1.54, 1.807) is 6.07 Å². The van der Waals surface area contributed by atoms with Crippen LogP contribution in [0.15, 0.2) is 18.2 Å². The predicted octanol–water partition coefficient (Wildman–Crippen LogP) is 4.15. The lowest BCUT2D eigenvalue weighted by Gasteiger charge is -2.29. The zero-order chi connectivity index (χ0) is 15.2. The van der Waals surface area contributed by atoms with Crippen LogP contribution in [-0.4, -0.2) is 20.6 Å². The molecular weight excluding hydrogens is 264 g/mol. The number of nitrogens with zero attached hydrogens (tertiary/aromatic N) is 2. The molecule has 1 fully saturated rings. The number of hydrogen-bond donors (Lipinski definition) is 1. The van der Waals surface area contributed by atoms with Gasteiger partial charge in [-0.15, -0.1) is 0 Å². The van der Waals surface area contributed by atoms with Crippen molar-refractivity contribution in [1.29, 1.82) is 0 Å².